The maximum atomic E-state index is 12.8. The van der Waals surface area contributed by atoms with Gasteiger partial charge < -0.3 is 5.32 Å². The number of hydrogen-bond donors (Lipinski definition) is 1. The van der Waals surface area contributed by atoms with Crippen molar-refractivity contribution in [1.82, 2.24) is 25.0 Å². The van der Waals surface area contributed by atoms with Crippen molar-refractivity contribution in [2.75, 3.05) is 5.32 Å². The van der Waals surface area contributed by atoms with Crippen molar-refractivity contribution in [3.63, 3.8) is 0 Å². The number of aromatic nitrogens is 5. The molecule has 1 N–H and O–H groups in total. The third kappa shape index (κ3) is 4.17. The van der Waals surface area contributed by atoms with Crippen LogP contribution >= 0.6 is 11.3 Å². The van der Waals surface area contributed by atoms with E-state index in [0.29, 0.717) is 10.8 Å². The Balaban J connectivity index is 1.40. The SMILES string of the molecule is O=C(Cn1nnc(-c2ccncc2)c1-c1ccccc1)Nc1ncc(-c2ccccc2)s1. The van der Waals surface area contributed by atoms with Gasteiger partial charge in [-0.3, -0.25) is 9.78 Å². The predicted octanol–water partition coefficient (Wildman–Crippen LogP) is 4.77. The zero-order chi connectivity index (χ0) is 21.8. The second kappa shape index (κ2) is 8.91. The summed E-state index contributed by atoms with van der Waals surface area (Å²) in [6, 6.07) is 23.5. The Kier molecular flexibility index (Phi) is 5.50. The quantitative estimate of drug-likeness (QED) is 0.413. The van der Waals surface area contributed by atoms with Gasteiger partial charge in [-0.1, -0.05) is 77.2 Å². The van der Waals surface area contributed by atoms with E-state index in [1.807, 2.05) is 72.8 Å². The third-order valence-electron chi connectivity index (χ3n) is 4.84. The highest BCUT2D eigenvalue weighted by atomic mass is 32.1. The van der Waals surface area contributed by atoms with Gasteiger partial charge in [-0.25, -0.2) is 9.67 Å². The smallest absolute Gasteiger partial charge is 0.247 e. The van der Waals surface area contributed by atoms with E-state index in [9.17, 15) is 4.79 Å². The van der Waals surface area contributed by atoms with Crippen LogP contribution in [-0.2, 0) is 11.3 Å². The van der Waals surface area contributed by atoms with Crippen molar-refractivity contribution in [1.29, 1.82) is 0 Å². The molecule has 0 aliphatic rings. The molecule has 3 heterocycles. The maximum Gasteiger partial charge on any atom is 0.247 e. The first kappa shape index (κ1) is 19.8. The minimum Gasteiger partial charge on any atom is -0.300 e. The summed E-state index contributed by atoms with van der Waals surface area (Å²) in [6.45, 7) is 0.0164. The van der Waals surface area contributed by atoms with Crippen LogP contribution in [-0.4, -0.2) is 30.9 Å². The molecule has 0 saturated carbocycles. The molecule has 2 aromatic carbocycles. The van der Waals surface area contributed by atoms with E-state index < -0.39 is 0 Å². The van der Waals surface area contributed by atoms with Crippen LogP contribution in [0.5, 0.6) is 0 Å². The molecule has 32 heavy (non-hydrogen) atoms. The summed E-state index contributed by atoms with van der Waals surface area (Å²) in [7, 11) is 0. The Labute approximate surface area is 188 Å². The summed E-state index contributed by atoms with van der Waals surface area (Å²) in [5.41, 5.74) is 4.36. The molecule has 7 nitrogen and oxygen atoms in total. The molecule has 0 bridgehead atoms. The summed E-state index contributed by atoms with van der Waals surface area (Å²) in [5.74, 6) is -0.220. The largest absolute Gasteiger partial charge is 0.300 e. The molecule has 5 rings (SSSR count). The number of rotatable bonds is 6. The molecule has 0 saturated heterocycles. The molecule has 0 atom stereocenters. The van der Waals surface area contributed by atoms with Crippen LogP contribution in [0.15, 0.2) is 91.4 Å². The zero-order valence-corrected chi connectivity index (χ0v) is 17.7. The van der Waals surface area contributed by atoms with Crippen molar-refractivity contribution < 1.29 is 4.79 Å². The van der Waals surface area contributed by atoms with E-state index in [4.69, 9.17) is 0 Å². The summed E-state index contributed by atoms with van der Waals surface area (Å²) in [5, 5.41) is 12.1. The van der Waals surface area contributed by atoms with Crippen LogP contribution in [0.25, 0.3) is 33.0 Å². The first-order valence-electron chi connectivity index (χ1n) is 9.98. The normalized spacial score (nSPS) is 10.8. The fourth-order valence-electron chi connectivity index (χ4n) is 3.37. The number of anilines is 1. The van der Waals surface area contributed by atoms with E-state index in [1.165, 1.54) is 11.3 Å². The Morgan fingerprint density at radius 2 is 1.56 bits per heavy atom. The fraction of sp³-hybridized carbons (Fsp3) is 0.0417. The molecule has 3 aromatic heterocycles. The van der Waals surface area contributed by atoms with Gasteiger partial charge in [-0.2, -0.15) is 0 Å². The second-order valence-corrected chi connectivity index (χ2v) is 8.02. The van der Waals surface area contributed by atoms with Crippen molar-refractivity contribution in [3.8, 4) is 33.0 Å². The van der Waals surface area contributed by atoms with Crippen LogP contribution in [0.4, 0.5) is 5.13 Å². The van der Waals surface area contributed by atoms with Gasteiger partial charge in [0.2, 0.25) is 5.91 Å². The number of nitrogens with one attached hydrogen (secondary N) is 1. The molecular formula is C24H18N6OS. The second-order valence-electron chi connectivity index (χ2n) is 6.99. The van der Waals surface area contributed by atoms with Gasteiger partial charge in [-0.15, -0.1) is 5.10 Å². The molecule has 5 aromatic rings. The lowest BCUT2D eigenvalue weighted by Gasteiger charge is -2.08. The highest BCUT2D eigenvalue weighted by Gasteiger charge is 2.19. The summed E-state index contributed by atoms with van der Waals surface area (Å²) >= 11 is 1.43. The highest BCUT2D eigenvalue weighted by molar-refractivity contribution is 7.19. The number of carbonyl (C=O) groups excluding carboxylic acids is 1. The van der Waals surface area contributed by atoms with E-state index in [1.54, 1.807) is 23.3 Å². The summed E-state index contributed by atoms with van der Waals surface area (Å²) in [6.07, 6.45) is 5.19. The fourth-order valence-corrected chi connectivity index (χ4v) is 4.21. The van der Waals surface area contributed by atoms with Gasteiger partial charge in [0.15, 0.2) is 5.13 Å². The summed E-state index contributed by atoms with van der Waals surface area (Å²) in [4.78, 5) is 22.2. The van der Waals surface area contributed by atoms with Gasteiger partial charge >= 0.3 is 0 Å². The van der Waals surface area contributed by atoms with E-state index in [0.717, 1.165) is 27.3 Å². The molecule has 8 heteroatoms. The molecule has 0 fully saturated rings. The number of carbonyl (C=O) groups is 1. The average Bonchev–Trinajstić information content (AvgIpc) is 3.48. The maximum absolute atomic E-state index is 12.8. The molecule has 0 unspecified atom stereocenters. The first-order valence-corrected chi connectivity index (χ1v) is 10.8. The van der Waals surface area contributed by atoms with Gasteiger partial charge in [0.25, 0.3) is 0 Å². The van der Waals surface area contributed by atoms with Crippen molar-refractivity contribution in [2.24, 2.45) is 0 Å². The molecule has 0 aliphatic heterocycles. The van der Waals surface area contributed by atoms with Crippen molar-refractivity contribution in [2.45, 2.75) is 6.54 Å². The van der Waals surface area contributed by atoms with Crippen LogP contribution < -0.4 is 5.32 Å². The number of benzene rings is 2. The number of thiazole rings is 1. The Morgan fingerprint density at radius 1 is 0.875 bits per heavy atom. The average molecular weight is 439 g/mol. The number of nitrogens with zero attached hydrogens (tertiary/aromatic N) is 5. The topological polar surface area (TPSA) is 85.6 Å². The van der Waals surface area contributed by atoms with Crippen molar-refractivity contribution >= 4 is 22.4 Å². The molecular weight excluding hydrogens is 420 g/mol. The highest BCUT2D eigenvalue weighted by Crippen LogP contribution is 2.31. The van der Waals surface area contributed by atoms with Crippen LogP contribution in [0, 0.1) is 0 Å². The van der Waals surface area contributed by atoms with Crippen LogP contribution in [0.3, 0.4) is 0 Å². The Hall–Kier alpha value is -4.17. The Morgan fingerprint density at radius 3 is 2.28 bits per heavy atom. The lowest BCUT2D eigenvalue weighted by Crippen LogP contribution is -2.20. The molecule has 0 aliphatic carbocycles. The molecule has 0 spiro atoms. The van der Waals surface area contributed by atoms with Crippen LogP contribution in [0.2, 0.25) is 0 Å². The Bertz CT molecular complexity index is 1330. The number of pyridine rings is 1. The van der Waals surface area contributed by atoms with E-state index in [-0.39, 0.29) is 12.5 Å². The van der Waals surface area contributed by atoms with Crippen molar-refractivity contribution in [3.05, 3.63) is 91.4 Å². The number of amides is 1. The molecule has 0 radical (unpaired) electrons. The van der Waals surface area contributed by atoms with Gasteiger partial charge in [0.1, 0.15) is 12.2 Å². The molecule has 1 amide bonds. The minimum absolute atomic E-state index is 0.0164. The standard InChI is InChI=1S/C24H18N6OS/c31-21(27-24-26-15-20(32-24)17-7-3-1-4-8-17)16-30-23(19-9-5-2-6-10-19)22(28-29-30)18-11-13-25-14-12-18/h1-15H,16H2,(H,26,27,31). The van der Waals surface area contributed by atoms with Gasteiger partial charge in [-0.05, 0) is 17.7 Å². The van der Waals surface area contributed by atoms with Gasteiger partial charge in [0, 0.05) is 29.7 Å². The lowest BCUT2D eigenvalue weighted by atomic mass is 10.1. The van der Waals surface area contributed by atoms with Gasteiger partial charge in [0.05, 0.1) is 10.6 Å². The molecule has 156 valence electrons. The first-order chi connectivity index (χ1) is 15.8. The van der Waals surface area contributed by atoms with E-state index in [2.05, 4.69) is 25.6 Å². The summed E-state index contributed by atoms with van der Waals surface area (Å²) < 4.78 is 1.62. The minimum atomic E-state index is -0.220. The number of hydrogen-bond acceptors (Lipinski definition) is 6. The van der Waals surface area contributed by atoms with E-state index >= 15 is 0 Å². The lowest BCUT2D eigenvalue weighted by molar-refractivity contribution is -0.116. The third-order valence-corrected chi connectivity index (χ3v) is 5.80. The predicted molar refractivity (Wildman–Crippen MR) is 125 cm³/mol. The zero-order valence-electron chi connectivity index (χ0n) is 16.9. The van der Waals surface area contributed by atoms with Crippen LogP contribution in [0.1, 0.15) is 0 Å². The monoisotopic (exact) mass is 438 g/mol.